The van der Waals surface area contributed by atoms with E-state index >= 15 is 0 Å². The molecule has 98 valence electrons. The van der Waals surface area contributed by atoms with E-state index in [9.17, 15) is 0 Å². The maximum absolute atomic E-state index is 8.76. The van der Waals surface area contributed by atoms with Gasteiger partial charge in [0, 0.05) is 18.5 Å². The van der Waals surface area contributed by atoms with Crippen molar-refractivity contribution in [2.45, 2.75) is 19.8 Å². The van der Waals surface area contributed by atoms with Crippen LogP contribution in [0.2, 0.25) is 0 Å². The number of aromatic nitrogens is 2. The van der Waals surface area contributed by atoms with E-state index in [1.807, 2.05) is 12.1 Å². The summed E-state index contributed by atoms with van der Waals surface area (Å²) in [6, 6.07) is 9.55. The number of nitriles is 1. The minimum atomic E-state index is 0.664. The Labute approximate surface area is 117 Å². The van der Waals surface area contributed by atoms with Crippen molar-refractivity contribution in [2.75, 3.05) is 13.1 Å². The normalized spacial score (nSPS) is 10.3. The maximum Gasteiger partial charge on any atom is 0.147 e. The predicted octanol–water partition coefficient (Wildman–Crippen LogP) is 2.62. The molecule has 1 N–H and O–H groups in total. The SMILES string of the molecule is CCCNCCc1nnc(-c2ccc(C#N)cc2)s1. The lowest BCUT2D eigenvalue weighted by atomic mass is 10.2. The van der Waals surface area contributed by atoms with E-state index in [4.69, 9.17) is 5.26 Å². The zero-order valence-corrected chi connectivity index (χ0v) is 11.7. The Hall–Kier alpha value is -1.77. The minimum Gasteiger partial charge on any atom is -0.316 e. The van der Waals surface area contributed by atoms with Gasteiger partial charge in [0.2, 0.25) is 0 Å². The largest absolute Gasteiger partial charge is 0.316 e. The molecule has 5 heteroatoms. The molecule has 0 radical (unpaired) electrons. The molecular weight excluding hydrogens is 256 g/mol. The molecule has 0 fully saturated rings. The summed E-state index contributed by atoms with van der Waals surface area (Å²) in [5, 5.41) is 22.5. The van der Waals surface area contributed by atoms with Gasteiger partial charge in [0.15, 0.2) is 0 Å². The molecule has 0 saturated heterocycles. The van der Waals surface area contributed by atoms with Crippen LogP contribution in [0.4, 0.5) is 0 Å². The van der Waals surface area contributed by atoms with Gasteiger partial charge in [0.05, 0.1) is 11.6 Å². The highest BCUT2D eigenvalue weighted by Gasteiger charge is 2.06. The average molecular weight is 272 g/mol. The van der Waals surface area contributed by atoms with Crippen LogP contribution in [0.5, 0.6) is 0 Å². The maximum atomic E-state index is 8.76. The van der Waals surface area contributed by atoms with E-state index in [0.29, 0.717) is 5.56 Å². The lowest BCUT2D eigenvalue weighted by Gasteiger charge is -1.98. The summed E-state index contributed by atoms with van der Waals surface area (Å²) in [6.45, 7) is 4.14. The van der Waals surface area contributed by atoms with Gasteiger partial charge in [0.1, 0.15) is 10.0 Å². The van der Waals surface area contributed by atoms with Crippen LogP contribution in [0.15, 0.2) is 24.3 Å². The third-order valence-electron chi connectivity index (χ3n) is 2.67. The van der Waals surface area contributed by atoms with E-state index in [1.165, 1.54) is 0 Å². The summed E-state index contributed by atoms with van der Waals surface area (Å²) >= 11 is 1.61. The molecule has 0 atom stereocenters. The van der Waals surface area contributed by atoms with Crippen LogP contribution in [0.25, 0.3) is 10.6 Å². The zero-order chi connectivity index (χ0) is 13.5. The van der Waals surface area contributed by atoms with Gasteiger partial charge in [-0.05, 0) is 25.1 Å². The number of nitrogens with zero attached hydrogens (tertiary/aromatic N) is 3. The van der Waals surface area contributed by atoms with Gasteiger partial charge in [0.25, 0.3) is 0 Å². The first-order valence-corrected chi connectivity index (χ1v) is 7.18. The Morgan fingerprint density at radius 1 is 1.21 bits per heavy atom. The molecule has 4 nitrogen and oxygen atoms in total. The fraction of sp³-hybridized carbons (Fsp3) is 0.357. The van der Waals surface area contributed by atoms with Gasteiger partial charge in [-0.3, -0.25) is 0 Å². The Morgan fingerprint density at radius 3 is 2.68 bits per heavy atom. The monoisotopic (exact) mass is 272 g/mol. The first-order valence-electron chi connectivity index (χ1n) is 6.37. The molecule has 1 aromatic carbocycles. The van der Waals surface area contributed by atoms with Crippen molar-refractivity contribution < 1.29 is 0 Å². The van der Waals surface area contributed by atoms with E-state index < -0.39 is 0 Å². The molecule has 1 aromatic heterocycles. The molecule has 1 heterocycles. The molecule has 0 aliphatic heterocycles. The minimum absolute atomic E-state index is 0.664. The third kappa shape index (κ3) is 3.85. The Kier molecular flexibility index (Phi) is 5.01. The average Bonchev–Trinajstić information content (AvgIpc) is 2.92. The van der Waals surface area contributed by atoms with Crippen molar-refractivity contribution in [1.82, 2.24) is 15.5 Å². The van der Waals surface area contributed by atoms with Gasteiger partial charge in [-0.1, -0.05) is 30.4 Å². The van der Waals surface area contributed by atoms with Gasteiger partial charge >= 0.3 is 0 Å². The molecule has 0 unspecified atom stereocenters. The van der Waals surface area contributed by atoms with Crippen LogP contribution in [0.1, 0.15) is 23.9 Å². The number of rotatable bonds is 6. The summed E-state index contributed by atoms with van der Waals surface area (Å²) in [7, 11) is 0. The van der Waals surface area contributed by atoms with Crippen LogP contribution < -0.4 is 5.32 Å². The highest BCUT2D eigenvalue weighted by molar-refractivity contribution is 7.14. The predicted molar refractivity (Wildman–Crippen MR) is 76.9 cm³/mol. The van der Waals surface area contributed by atoms with Crippen LogP contribution in [-0.4, -0.2) is 23.3 Å². The van der Waals surface area contributed by atoms with Gasteiger partial charge in [-0.2, -0.15) is 5.26 Å². The lowest BCUT2D eigenvalue weighted by Crippen LogP contribution is -2.17. The van der Waals surface area contributed by atoms with Crippen LogP contribution in [-0.2, 0) is 6.42 Å². The highest BCUT2D eigenvalue weighted by Crippen LogP contribution is 2.23. The van der Waals surface area contributed by atoms with Crippen molar-refractivity contribution >= 4 is 11.3 Å². The van der Waals surface area contributed by atoms with Crippen LogP contribution >= 0.6 is 11.3 Å². The molecule has 0 amide bonds. The van der Waals surface area contributed by atoms with Crippen molar-refractivity contribution in [3.05, 3.63) is 34.8 Å². The lowest BCUT2D eigenvalue weighted by molar-refractivity contribution is 0.668. The van der Waals surface area contributed by atoms with Crippen molar-refractivity contribution in [2.24, 2.45) is 0 Å². The third-order valence-corrected chi connectivity index (χ3v) is 3.70. The van der Waals surface area contributed by atoms with Gasteiger partial charge in [-0.15, -0.1) is 10.2 Å². The standard InChI is InChI=1S/C14H16N4S/c1-2-8-16-9-7-13-17-18-14(19-13)12-5-3-11(10-15)4-6-12/h3-6,16H,2,7-9H2,1H3. The molecule has 0 saturated carbocycles. The zero-order valence-electron chi connectivity index (χ0n) is 10.9. The molecule has 0 bridgehead atoms. The number of nitrogens with one attached hydrogen (secondary N) is 1. The summed E-state index contributed by atoms with van der Waals surface area (Å²) < 4.78 is 0. The topological polar surface area (TPSA) is 61.6 Å². The second-order valence-corrected chi connectivity index (χ2v) is 5.25. The van der Waals surface area contributed by atoms with E-state index in [0.717, 1.165) is 41.5 Å². The fourth-order valence-electron chi connectivity index (χ4n) is 1.66. The second-order valence-electron chi connectivity index (χ2n) is 4.19. The van der Waals surface area contributed by atoms with Crippen molar-refractivity contribution in [3.8, 4) is 16.6 Å². The molecule has 0 aliphatic rings. The first kappa shape index (κ1) is 13.7. The van der Waals surface area contributed by atoms with Gasteiger partial charge < -0.3 is 5.32 Å². The Morgan fingerprint density at radius 2 is 2.00 bits per heavy atom. The summed E-state index contributed by atoms with van der Waals surface area (Å²) in [4.78, 5) is 0. The number of benzene rings is 1. The molecule has 2 aromatic rings. The fourth-order valence-corrected chi connectivity index (χ4v) is 2.50. The quantitative estimate of drug-likeness (QED) is 0.821. The van der Waals surface area contributed by atoms with E-state index in [2.05, 4.69) is 28.5 Å². The number of hydrogen-bond donors (Lipinski definition) is 1. The Bertz CT molecular complexity index is 554. The molecule has 19 heavy (non-hydrogen) atoms. The summed E-state index contributed by atoms with van der Waals surface area (Å²) in [6.07, 6.45) is 2.06. The summed E-state index contributed by atoms with van der Waals surface area (Å²) in [5.41, 5.74) is 1.68. The van der Waals surface area contributed by atoms with E-state index in [1.54, 1.807) is 23.5 Å². The van der Waals surface area contributed by atoms with Crippen molar-refractivity contribution in [3.63, 3.8) is 0 Å². The van der Waals surface area contributed by atoms with E-state index in [-0.39, 0.29) is 0 Å². The first-order chi connectivity index (χ1) is 9.33. The van der Waals surface area contributed by atoms with Crippen LogP contribution in [0.3, 0.4) is 0 Å². The van der Waals surface area contributed by atoms with Gasteiger partial charge in [-0.25, -0.2) is 0 Å². The highest BCUT2D eigenvalue weighted by atomic mass is 32.1. The second kappa shape index (κ2) is 6.98. The van der Waals surface area contributed by atoms with Crippen LogP contribution in [0, 0.1) is 11.3 Å². The Balaban J connectivity index is 1.98. The molecule has 0 spiro atoms. The molecule has 0 aliphatic carbocycles. The number of hydrogen-bond acceptors (Lipinski definition) is 5. The molecule has 2 rings (SSSR count). The summed E-state index contributed by atoms with van der Waals surface area (Å²) in [5.74, 6) is 0. The van der Waals surface area contributed by atoms with Crippen molar-refractivity contribution in [1.29, 1.82) is 5.26 Å². The molecular formula is C14H16N4S. The smallest absolute Gasteiger partial charge is 0.147 e.